The SMILES string of the molecule is O=C1c2ccccc2CCCC1Cc1ccccn1. The largest absolute Gasteiger partial charge is 0.294 e. The summed E-state index contributed by atoms with van der Waals surface area (Å²) in [5.41, 5.74) is 3.14. The van der Waals surface area contributed by atoms with Gasteiger partial charge in [-0.1, -0.05) is 30.3 Å². The molecule has 0 amide bonds. The fourth-order valence-corrected chi connectivity index (χ4v) is 2.83. The second-order valence-corrected chi connectivity index (χ2v) is 5.14. The first-order chi connectivity index (χ1) is 9.34. The van der Waals surface area contributed by atoms with Gasteiger partial charge in [0.15, 0.2) is 5.78 Å². The molecule has 0 saturated heterocycles. The van der Waals surface area contributed by atoms with Crippen LogP contribution in [-0.4, -0.2) is 10.8 Å². The van der Waals surface area contributed by atoms with Crippen LogP contribution in [0.5, 0.6) is 0 Å². The van der Waals surface area contributed by atoms with Crippen molar-refractivity contribution in [2.75, 3.05) is 0 Å². The lowest BCUT2D eigenvalue weighted by Crippen LogP contribution is -2.17. The van der Waals surface area contributed by atoms with E-state index in [2.05, 4.69) is 11.1 Å². The number of aryl methyl sites for hydroxylation is 1. The van der Waals surface area contributed by atoms with Gasteiger partial charge in [0.1, 0.15) is 0 Å². The second kappa shape index (κ2) is 5.35. The predicted octanol–water partition coefficient (Wildman–Crippen LogP) is 3.46. The summed E-state index contributed by atoms with van der Waals surface area (Å²) in [5, 5.41) is 0. The summed E-state index contributed by atoms with van der Waals surface area (Å²) in [6.07, 6.45) is 5.61. The average Bonchev–Trinajstić information content (AvgIpc) is 2.61. The lowest BCUT2D eigenvalue weighted by molar-refractivity contribution is 0.0914. The third-order valence-electron chi connectivity index (χ3n) is 3.83. The van der Waals surface area contributed by atoms with E-state index in [1.165, 1.54) is 5.56 Å². The molecule has 1 aromatic carbocycles. The van der Waals surface area contributed by atoms with E-state index < -0.39 is 0 Å². The van der Waals surface area contributed by atoms with E-state index >= 15 is 0 Å². The normalized spacial score (nSPS) is 18.7. The van der Waals surface area contributed by atoms with Gasteiger partial charge in [-0.05, 0) is 43.4 Å². The number of benzene rings is 1. The van der Waals surface area contributed by atoms with Gasteiger partial charge in [-0.25, -0.2) is 0 Å². The molecule has 0 saturated carbocycles. The first-order valence-electron chi connectivity index (χ1n) is 6.86. The molecule has 1 aliphatic rings. The summed E-state index contributed by atoms with van der Waals surface area (Å²) in [6.45, 7) is 0. The van der Waals surface area contributed by atoms with Crippen molar-refractivity contribution in [3.63, 3.8) is 0 Å². The molecule has 0 N–H and O–H groups in total. The molecule has 2 aromatic rings. The topological polar surface area (TPSA) is 30.0 Å². The molecule has 19 heavy (non-hydrogen) atoms. The first-order valence-corrected chi connectivity index (χ1v) is 6.86. The zero-order valence-electron chi connectivity index (χ0n) is 10.9. The second-order valence-electron chi connectivity index (χ2n) is 5.14. The van der Waals surface area contributed by atoms with Crippen LogP contribution >= 0.6 is 0 Å². The Bertz CT molecular complexity index is 577. The minimum absolute atomic E-state index is 0.0820. The summed E-state index contributed by atoms with van der Waals surface area (Å²) < 4.78 is 0. The van der Waals surface area contributed by atoms with Crippen LogP contribution in [0.4, 0.5) is 0 Å². The van der Waals surface area contributed by atoms with Gasteiger partial charge < -0.3 is 0 Å². The van der Waals surface area contributed by atoms with Crippen molar-refractivity contribution >= 4 is 5.78 Å². The fraction of sp³-hybridized carbons (Fsp3) is 0.294. The van der Waals surface area contributed by atoms with E-state index in [4.69, 9.17) is 0 Å². The third kappa shape index (κ3) is 2.58. The quantitative estimate of drug-likeness (QED) is 0.765. The molecule has 1 aromatic heterocycles. The van der Waals surface area contributed by atoms with Gasteiger partial charge in [0.05, 0.1) is 0 Å². The first kappa shape index (κ1) is 12.1. The summed E-state index contributed by atoms with van der Waals surface area (Å²) in [6, 6.07) is 13.9. The average molecular weight is 251 g/mol. The van der Waals surface area contributed by atoms with E-state index in [9.17, 15) is 4.79 Å². The van der Waals surface area contributed by atoms with Crippen LogP contribution in [0.25, 0.3) is 0 Å². The highest BCUT2D eigenvalue weighted by Crippen LogP contribution is 2.26. The van der Waals surface area contributed by atoms with Crippen LogP contribution < -0.4 is 0 Å². The maximum Gasteiger partial charge on any atom is 0.166 e. The molecule has 2 nitrogen and oxygen atoms in total. The lowest BCUT2D eigenvalue weighted by Gasteiger charge is -2.13. The van der Waals surface area contributed by atoms with Gasteiger partial charge in [0.25, 0.3) is 0 Å². The van der Waals surface area contributed by atoms with Crippen LogP contribution in [0, 0.1) is 5.92 Å². The Morgan fingerprint density at radius 3 is 2.79 bits per heavy atom. The molecular weight excluding hydrogens is 234 g/mol. The van der Waals surface area contributed by atoms with E-state index in [-0.39, 0.29) is 5.92 Å². The van der Waals surface area contributed by atoms with Crippen LogP contribution in [0.3, 0.4) is 0 Å². The number of rotatable bonds is 2. The van der Waals surface area contributed by atoms with Gasteiger partial charge in [0, 0.05) is 23.4 Å². The molecule has 1 atom stereocenters. The molecule has 3 rings (SSSR count). The highest BCUT2D eigenvalue weighted by molar-refractivity contribution is 5.99. The summed E-state index contributed by atoms with van der Waals surface area (Å²) in [5.74, 6) is 0.373. The van der Waals surface area contributed by atoms with Crippen molar-refractivity contribution in [3.8, 4) is 0 Å². The molecule has 1 unspecified atom stereocenters. The predicted molar refractivity (Wildman–Crippen MR) is 75.1 cm³/mol. The smallest absolute Gasteiger partial charge is 0.166 e. The number of carbonyl (C=O) groups excluding carboxylic acids is 1. The maximum absolute atomic E-state index is 12.6. The summed E-state index contributed by atoms with van der Waals surface area (Å²) in [7, 11) is 0. The number of nitrogens with zero attached hydrogens (tertiary/aromatic N) is 1. The van der Waals surface area contributed by atoms with Crippen molar-refractivity contribution in [1.82, 2.24) is 4.98 Å². The van der Waals surface area contributed by atoms with Crippen molar-refractivity contribution in [1.29, 1.82) is 0 Å². The van der Waals surface area contributed by atoms with Crippen LogP contribution in [0.2, 0.25) is 0 Å². The van der Waals surface area contributed by atoms with E-state index in [0.29, 0.717) is 5.78 Å². The van der Waals surface area contributed by atoms with E-state index in [0.717, 1.165) is 36.9 Å². The number of hydrogen-bond donors (Lipinski definition) is 0. The molecule has 1 heterocycles. The number of fused-ring (bicyclic) bond motifs is 1. The zero-order valence-corrected chi connectivity index (χ0v) is 10.9. The van der Waals surface area contributed by atoms with Gasteiger partial charge in [-0.15, -0.1) is 0 Å². The number of carbonyl (C=O) groups is 1. The lowest BCUT2D eigenvalue weighted by atomic mass is 9.91. The van der Waals surface area contributed by atoms with Gasteiger partial charge in [-0.3, -0.25) is 9.78 Å². The summed E-state index contributed by atoms with van der Waals surface area (Å²) in [4.78, 5) is 17.0. The number of ketones is 1. The Labute approximate surface area is 113 Å². The molecule has 0 aliphatic heterocycles. The van der Waals surface area contributed by atoms with Crippen molar-refractivity contribution in [2.24, 2.45) is 5.92 Å². The van der Waals surface area contributed by atoms with Crippen molar-refractivity contribution in [3.05, 3.63) is 65.5 Å². The van der Waals surface area contributed by atoms with Crippen molar-refractivity contribution < 1.29 is 4.79 Å². The Kier molecular flexibility index (Phi) is 3.41. The fourth-order valence-electron chi connectivity index (χ4n) is 2.83. The van der Waals surface area contributed by atoms with Gasteiger partial charge >= 0.3 is 0 Å². The van der Waals surface area contributed by atoms with Crippen molar-refractivity contribution in [2.45, 2.75) is 25.7 Å². The molecule has 0 bridgehead atoms. The molecule has 0 radical (unpaired) electrons. The number of hydrogen-bond acceptors (Lipinski definition) is 2. The maximum atomic E-state index is 12.6. The molecule has 0 spiro atoms. The Balaban J connectivity index is 1.86. The van der Waals surface area contributed by atoms with Gasteiger partial charge in [0.2, 0.25) is 0 Å². The Morgan fingerprint density at radius 2 is 1.95 bits per heavy atom. The minimum Gasteiger partial charge on any atom is -0.294 e. The molecule has 96 valence electrons. The highest BCUT2D eigenvalue weighted by atomic mass is 16.1. The van der Waals surface area contributed by atoms with E-state index in [1.54, 1.807) is 6.20 Å². The third-order valence-corrected chi connectivity index (χ3v) is 3.83. The standard InChI is InChI=1S/C17H17NO/c19-17-14(12-15-9-3-4-11-18-15)8-5-7-13-6-1-2-10-16(13)17/h1-4,6,9-11,14H,5,7-8,12H2. The molecular formula is C17H17NO. The number of Topliss-reactive ketones (excluding diaryl/α,β-unsaturated/α-hetero) is 1. The zero-order chi connectivity index (χ0) is 13.1. The number of aromatic nitrogens is 1. The molecule has 2 heteroatoms. The molecule has 0 fully saturated rings. The van der Waals surface area contributed by atoms with E-state index in [1.807, 2.05) is 36.4 Å². The summed E-state index contributed by atoms with van der Waals surface area (Å²) >= 11 is 0. The van der Waals surface area contributed by atoms with Crippen LogP contribution in [-0.2, 0) is 12.8 Å². The Hall–Kier alpha value is -1.96. The monoisotopic (exact) mass is 251 g/mol. The minimum atomic E-state index is 0.0820. The molecule has 1 aliphatic carbocycles. The highest BCUT2D eigenvalue weighted by Gasteiger charge is 2.25. The number of pyridine rings is 1. The van der Waals surface area contributed by atoms with Crippen LogP contribution in [0.15, 0.2) is 48.7 Å². The van der Waals surface area contributed by atoms with Crippen LogP contribution in [0.1, 0.15) is 34.5 Å². The van der Waals surface area contributed by atoms with Gasteiger partial charge in [-0.2, -0.15) is 0 Å². The Morgan fingerprint density at radius 1 is 1.11 bits per heavy atom.